The Morgan fingerprint density at radius 3 is 2.89 bits per heavy atom. The van der Waals surface area contributed by atoms with Gasteiger partial charge >= 0.3 is 0 Å². The third-order valence-corrected chi connectivity index (χ3v) is 3.68. The van der Waals surface area contributed by atoms with E-state index in [9.17, 15) is 5.11 Å². The number of thiazole rings is 1. The Hall–Kier alpha value is -1.59. The number of rotatable bonds is 5. The summed E-state index contributed by atoms with van der Waals surface area (Å²) in [4.78, 5) is 5.43. The van der Waals surface area contributed by atoms with Crippen molar-refractivity contribution in [1.29, 1.82) is 0 Å². The molecule has 0 aliphatic carbocycles. The Labute approximate surface area is 110 Å². The summed E-state index contributed by atoms with van der Waals surface area (Å²) in [5, 5.41) is 12.6. The van der Waals surface area contributed by atoms with Crippen LogP contribution >= 0.6 is 11.3 Å². The molecule has 18 heavy (non-hydrogen) atoms. The van der Waals surface area contributed by atoms with Gasteiger partial charge in [-0.05, 0) is 25.1 Å². The molecule has 0 amide bonds. The number of methoxy groups -OCH3 is 1. The van der Waals surface area contributed by atoms with E-state index in [-0.39, 0.29) is 6.61 Å². The van der Waals surface area contributed by atoms with Gasteiger partial charge in [0, 0.05) is 16.1 Å². The molecule has 1 aromatic carbocycles. The quantitative estimate of drug-likeness (QED) is 0.871. The summed E-state index contributed by atoms with van der Waals surface area (Å²) in [5.41, 5.74) is 4.65. The molecule has 1 heterocycles. The maximum absolute atomic E-state index is 9.25. The molecule has 0 spiro atoms. The number of aliphatic hydroxyl groups excluding tert-OH is 1. The molecule has 0 atom stereocenters. The van der Waals surface area contributed by atoms with Crippen LogP contribution in [0.1, 0.15) is 16.1 Å². The van der Waals surface area contributed by atoms with E-state index in [0.29, 0.717) is 5.75 Å². The summed E-state index contributed by atoms with van der Waals surface area (Å²) in [6.45, 7) is 2.71. The van der Waals surface area contributed by atoms with Crippen molar-refractivity contribution in [2.24, 2.45) is 0 Å². The summed E-state index contributed by atoms with van der Waals surface area (Å²) in [7, 11) is 1.60. The highest BCUT2D eigenvalue weighted by molar-refractivity contribution is 7.09. The van der Waals surface area contributed by atoms with Crippen LogP contribution in [0.2, 0.25) is 0 Å². The molecule has 0 saturated carbocycles. The van der Waals surface area contributed by atoms with Crippen molar-refractivity contribution in [3.05, 3.63) is 39.8 Å². The standard InChI is InChI=1S/C13H16N2O2S/c1-9-13(18-8-15-9)6-14-11-3-4-12(17-2)10(5-11)7-16/h3-5,8,14,16H,6-7H2,1-2H3. The second-order valence-corrected chi connectivity index (χ2v) is 4.84. The average Bonchev–Trinajstić information content (AvgIpc) is 2.81. The molecule has 0 aliphatic rings. The van der Waals surface area contributed by atoms with E-state index in [2.05, 4.69) is 10.3 Å². The minimum Gasteiger partial charge on any atom is -0.496 e. The van der Waals surface area contributed by atoms with Gasteiger partial charge in [-0.3, -0.25) is 0 Å². The highest BCUT2D eigenvalue weighted by Crippen LogP contribution is 2.23. The monoisotopic (exact) mass is 264 g/mol. The zero-order valence-corrected chi connectivity index (χ0v) is 11.3. The number of aromatic nitrogens is 1. The number of hydrogen-bond acceptors (Lipinski definition) is 5. The maximum atomic E-state index is 9.25. The third kappa shape index (κ3) is 2.80. The highest BCUT2D eigenvalue weighted by Gasteiger charge is 2.05. The first-order valence-corrected chi connectivity index (χ1v) is 6.53. The molecular weight excluding hydrogens is 248 g/mol. The molecule has 96 valence electrons. The zero-order valence-electron chi connectivity index (χ0n) is 10.4. The van der Waals surface area contributed by atoms with Crippen LogP contribution in [0.3, 0.4) is 0 Å². The first kappa shape index (κ1) is 12.9. The summed E-state index contributed by atoms with van der Waals surface area (Å²) in [6, 6.07) is 5.69. The van der Waals surface area contributed by atoms with Gasteiger partial charge in [-0.1, -0.05) is 0 Å². The third-order valence-electron chi connectivity index (χ3n) is 2.75. The van der Waals surface area contributed by atoms with Crippen molar-refractivity contribution in [1.82, 2.24) is 4.98 Å². The van der Waals surface area contributed by atoms with E-state index in [1.165, 1.54) is 4.88 Å². The number of aryl methyl sites for hydroxylation is 1. The van der Waals surface area contributed by atoms with Crippen LogP contribution < -0.4 is 10.1 Å². The Morgan fingerprint density at radius 2 is 2.28 bits per heavy atom. The van der Waals surface area contributed by atoms with E-state index in [0.717, 1.165) is 23.5 Å². The topological polar surface area (TPSA) is 54.4 Å². The van der Waals surface area contributed by atoms with Crippen LogP contribution in [0.5, 0.6) is 5.75 Å². The fraction of sp³-hybridized carbons (Fsp3) is 0.308. The summed E-state index contributed by atoms with van der Waals surface area (Å²) < 4.78 is 5.16. The number of nitrogens with one attached hydrogen (secondary N) is 1. The van der Waals surface area contributed by atoms with Crippen LogP contribution in [0.4, 0.5) is 5.69 Å². The van der Waals surface area contributed by atoms with Gasteiger partial charge in [0.2, 0.25) is 0 Å². The summed E-state index contributed by atoms with van der Waals surface area (Å²) in [6.07, 6.45) is 0. The second-order valence-electron chi connectivity index (χ2n) is 3.90. The molecule has 0 fully saturated rings. The SMILES string of the molecule is COc1ccc(NCc2scnc2C)cc1CO. The summed E-state index contributed by atoms with van der Waals surface area (Å²) in [5.74, 6) is 0.706. The zero-order chi connectivity index (χ0) is 13.0. The molecule has 0 bridgehead atoms. The second kappa shape index (κ2) is 5.84. The van der Waals surface area contributed by atoms with Crippen LogP contribution in [0, 0.1) is 6.92 Å². The number of nitrogens with zero attached hydrogens (tertiary/aromatic N) is 1. The smallest absolute Gasteiger partial charge is 0.124 e. The first-order valence-electron chi connectivity index (χ1n) is 5.65. The Bertz CT molecular complexity index is 525. The van der Waals surface area contributed by atoms with Crippen molar-refractivity contribution >= 4 is 17.0 Å². The van der Waals surface area contributed by atoms with Crippen molar-refractivity contribution in [3.8, 4) is 5.75 Å². The van der Waals surface area contributed by atoms with Crippen LogP contribution in [0.25, 0.3) is 0 Å². The van der Waals surface area contributed by atoms with Crippen molar-refractivity contribution in [3.63, 3.8) is 0 Å². The van der Waals surface area contributed by atoms with Crippen molar-refractivity contribution in [2.75, 3.05) is 12.4 Å². The van der Waals surface area contributed by atoms with Gasteiger partial charge in [0.05, 0.1) is 31.5 Å². The normalized spacial score (nSPS) is 10.4. The molecule has 2 rings (SSSR count). The predicted molar refractivity (Wildman–Crippen MR) is 73.1 cm³/mol. The number of anilines is 1. The number of ether oxygens (including phenoxy) is 1. The lowest BCUT2D eigenvalue weighted by molar-refractivity contribution is 0.274. The first-order chi connectivity index (χ1) is 8.74. The molecule has 2 N–H and O–H groups in total. The van der Waals surface area contributed by atoms with Crippen LogP contribution in [0.15, 0.2) is 23.7 Å². The Morgan fingerprint density at radius 1 is 1.44 bits per heavy atom. The Kier molecular flexibility index (Phi) is 4.17. The van der Waals surface area contributed by atoms with E-state index >= 15 is 0 Å². The molecule has 5 heteroatoms. The fourth-order valence-corrected chi connectivity index (χ4v) is 2.41. The van der Waals surface area contributed by atoms with E-state index in [1.807, 2.05) is 30.6 Å². The average molecular weight is 264 g/mol. The molecule has 1 aromatic heterocycles. The molecule has 0 radical (unpaired) electrons. The van der Waals surface area contributed by atoms with E-state index < -0.39 is 0 Å². The number of hydrogen-bond donors (Lipinski definition) is 2. The molecule has 0 aliphatic heterocycles. The van der Waals surface area contributed by atoms with E-state index in [1.54, 1.807) is 18.4 Å². The minimum absolute atomic E-state index is 0.0295. The molecule has 0 unspecified atom stereocenters. The minimum atomic E-state index is -0.0295. The van der Waals surface area contributed by atoms with Gasteiger partial charge in [0.25, 0.3) is 0 Å². The van der Waals surface area contributed by atoms with Gasteiger partial charge in [-0.15, -0.1) is 11.3 Å². The predicted octanol–water partition coefficient (Wildman–Crippen LogP) is 2.56. The van der Waals surface area contributed by atoms with Crippen LogP contribution in [-0.2, 0) is 13.2 Å². The lowest BCUT2D eigenvalue weighted by atomic mass is 10.2. The lowest BCUT2D eigenvalue weighted by Crippen LogP contribution is -2.00. The number of aliphatic hydroxyl groups is 1. The van der Waals surface area contributed by atoms with Gasteiger partial charge in [-0.25, -0.2) is 4.98 Å². The summed E-state index contributed by atoms with van der Waals surface area (Å²) >= 11 is 1.64. The van der Waals surface area contributed by atoms with E-state index in [4.69, 9.17) is 4.74 Å². The molecule has 2 aromatic rings. The van der Waals surface area contributed by atoms with Gasteiger partial charge in [-0.2, -0.15) is 0 Å². The van der Waals surface area contributed by atoms with Gasteiger partial charge in [0.1, 0.15) is 5.75 Å². The number of benzene rings is 1. The lowest BCUT2D eigenvalue weighted by Gasteiger charge is -2.10. The maximum Gasteiger partial charge on any atom is 0.124 e. The molecular formula is C13H16N2O2S. The molecule has 4 nitrogen and oxygen atoms in total. The van der Waals surface area contributed by atoms with Crippen LogP contribution in [-0.4, -0.2) is 17.2 Å². The highest BCUT2D eigenvalue weighted by atomic mass is 32.1. The van der Waals surface area contributed by atoms with Crippen molar-refractivity contribution in [2.45, 2.75) is 20.1 Å². The van der Waals surface area contributed by atoms with Gasteiger partial charge < -0.3 is 15.2 Å². The van der Waals surface area contributed by atoms with Crippen molar-refractivity contribution < 1.29 is 9.84 Å². The fourth-order valence-electron chi connectivity index (χ4n) is 1.69. The largest absolute Gasteiger partial charge is 0.496 e. The van der Waals surface area contributed by atoms with Gasteiger partial charge in [0.15, 0.2) is 0 Å². The Balaban J connectivity index is 2.08. The molecule has 0 saturated heterocycles.